The standard InChI is InChI=1S/C16H14N4O/c1-11-4-2-3-5-13(11)18-16(21)15-10-14(19-20-15)12-6-8-17-9-7-12/h2-10H,1H3,(H,18,21)(H,19,20). The molecule has 1 aromatic carbocycles. The number of nitrogens with zero attached hydrogens (tertiary/aromatic N) is 2. The van der Waals surface area contributed by atoms with E-state index in [1.54, 1.807) is 18.5 Å². The van der Waals surface area contributed by atoms with E-state index in [2.05, 4.69) is 20.5 Å². The predicted molar refractivity (Wildman–Crippen MR) is 81.0 cm³/mol. The van der Waals surface area contributed by atoms with E-state index in [0.29, 0.717) is 11.4 Å². The topological polar surface area (TPSA) is 70.7 Å². The van der Waals surface area contributed by atoms with Gasteiger partial charge in [-0.2, -0.15) is 5.10 Å². The van der Waals surface area contributed by atoms with Crippen molar-refractivity contribution >= 4 is 11.6 Å². The Kier molecular flexibility index (Phi) is 3.47. The van der Waals surface area contributed by atoms with Gasteiger partial charge >= 0.3 is 0 Å². The molecule has 0 aliphatic carbocycles. The number of benzene rings is 1. The van der Waals surface area contributed by atoms with Crippen molar-refractivity contribution < 1.29 is 4.79 Å². The van der Waals surface area contributed by atoms with E-state index in [0.717, 1.165) is 16.8 Å². The number of aromatic amines is 1. The van der Waals surface area contributed by atoms with Gasteiger partial charge in [0.25, 0.3) is 5.91 Å². The number of aromatic nitrogens is 3. The molecule has 2 aromatic heterocycles. The molecule has 0 saturated carbocycles. The summed E-state index contributed by atoms with van der Waals surface area (Å²) in [6.07, 6.45) is 3.38. The third-order valence-corrected chi connectivity index (χ3v) is 3.19. The van der Waals surface area contributed by atoms with Gasteiger partial charge in [-0.1, -0.05) is 18.2 Å². The molecule has 0 bridgehead atoms. The van der Waals surface area contributed by atoms with E-state index in [-0.39, 0.29) is 5.91 Å². The van der Waals surface area contributed by atoms with E-state index >= 15 is 0 Å². The molecule has 2 heterocycles. The molecule has 5 heteroatoms. The molecular weight excluding hydrogens is 264 g/mol. The van der Waals surface area contributed by atoms with Gasteiger partial charge in [0.15, 0.2) is 0 Å². The first-order valence-electron chi connectivity index (χ1n) is 6.57. The monoisotopic (exact) mass is 278 g/mol. The third-order valence-electron chi connectivity index (χ3n) is 3.19. The summed E-state index contributed by atoms with van der Waals surface area (Å²) >= 11 is 0. The predicted octanol–water partition coefficient (Wildman–Crippen LogP) is 3.03. The molecule has 3 aromatic rings. The number of amides is 1. The van der Waals surface area contributed by atoms with E-state index in [1.165, 1.54) is 0 Å². The van der Waals surface area contributed by atoms with Gasteiger partial charge in [0.1, 0.15) is 5.69 Å². The Morgan fingerprint density at radius 3 is 2.67 bits per heavy atom. The summed E-state index contributed by atoms with van der Waals surface area (Å²) in [4.78, 5) is 16.2. The summed E-state index contributed by atoms with van der Waals surface area (Å²) in [6, 6.07) is 13.1. The first-order valence-corrected chi connectivity index (χ1v) is 6.57. The first-order chi connectivity index (χ1) is 10.2. The zero-order chi connectivity index (χ0) is 14.7. The third kappa shape index (κ3) is 2.81. The fourth-order valence-electron chi connectivity index (χ4n) is 2.01. The molecule has 104 valence electrons. The molecule has 1 amide bonds. The van der Waals surface area contributed by atoms with Crippen LogP contribution in [-0.4, -0.2) is 21.1 Å². The van der Waals surface area contributed by atoms with Crippen LogP contribution in [0.2, 0.25) is 0 Å². The van der Waals surface area contributed by atoms with Gasteiger partial charge in [0.05, 0.1) is 5.69 Å². The Bertz CT molecular complexity index is 765. The Balaban J connectivity index is 1.80. The molecule has 0 unspecified atom stereocenters. The van der Waals surface area contributed by atoms with E-state index < -0.39 is 0 Å². The highest BCUT2D eigenvalue weighted by atomic mass is 16.1. The van der Waals surface area contributed by atoms with Crippen molar-refractivity contribution in [1.82, 2.24) is 15.2 Å². The smallest absolute Gasteiger partial charge is 0.273 e. The Hall–Kier alpha value is -2.95. The molecular formula is C16H14N4O. The van der Waals surface area contributed by atoms with Gasteiger partial charge in [0.2, 0.25) is 0 Å². The zero-order valence-electron chi connectivity index (χ0n) is 11.5. The van der Waals surface area contributed by atoms with Crippen LogP contribution in [0.5, 0.6) is 0 Å². The number of H-pyrrole nitrogens is 1. The summed E-state index contributed by atoms with van der Waals surface area (Å²) in [5.41, 5.74) is 3.86. The number of hydrogen-bond acceptors (Lipinski definition) is 3. The Labute approximate surface area is 122 Å². The molecule has 0 fully saturated rings. The Morgan fingerprint density at radius 1 is 1.14 bits per heavy atom. The van der Waals surface area contributed by atoms with Crippen LogP contribution < -0.4 is 5.32 Å². The number of hydrogen-bond donors (Lipinski definition) is 2. The van der Waals surface area contributed by atoms with Crippen molar-refractivity contribution in [3.8, 4) is 11.3 Å². The highest BCUT2D eigenvalue weighted by Crippen LogP contribution is 2.18. The fourth-order valence-corrected chi connectivity index (χ4v) is 2.01. The summed E-state index contributed by atoms with van der Waals surface area (Å²) in [5, 5.41) is 9.79. The van der Waals surface area contributed by atoms with Gasteiger partial charge in [-0.25, -0.2) is 0 Å². The van der Waals surface area contributed by atoms with Gasteiger partial charge in [0, 0.05) is 23.6 Å². The second kappa shape index (κ2) is 5.58. The second-order valence-electron chi connectivity index (χ2n) is 4.67. The average molecular weight is 278 g/mol. The minimum atomic E-state index is -0.211. The highest BCUT2D eigenvalue weighted by Gasteiger charge is 2.11. The highest BCUT2D eigenvalue weighted by molar-refractivity contribution is 6.03. The largest absolute Gasteiger partial charge is 0.320 e. The molecule has 5 nitrogen and oxygen atoms in total. The number of carbonyl (C=O) groups excluding carboxylic acids is 1. The molecule has 0 atom stereocenters. The number of carbonyl (C=O) groups is 1. The van der Waals surface area contributed by atoms with E-state index in [4.69, 9.17) is 0 Å². The van der Waals surface area contributed by atoms with Crippen LogP contribution in [0.3, 0.4) is 0 Å². The summed E-state index contributed by atoms with van der Waals surface area (Å²) in [5.74, 6) is -0.211. The normalized spacial score (nSPS) is 10.3. The maximum atomic E-state index is 12.2. The fraction of sp³-hybridized carbons (Fsp3) is 0.0625. The summed E-state index contributed by atoms with van der Waals surface area (Å²) in [7, 11) is 0. The van der Waals surface area contributed by atoms with Gasteiger partial charge in [-0.3, -0.25) is 14.9 Å². The minimum absolute atomic E-state index is 0.211. The first kappa shape index (κ1) is 13.1. The molecule has 0 spiro atoms. The SMILES string of the molecule is Cc1ccccc1NC(=O)c1cc(-c2ccncc2)n[nH]1. The molecule has 0 aliphatic heterocycles. The molecule has 3 rings (SSSR count). The van der Waals surface area contributed by atoms with Crippen molar-refractivity contribution in [3.05, 3.63) is 66.1 Å². The lowest BCUT2D eigenvalue weighted by molar-refractivity contribution is 0.102. The van der Waals surface area contributed by atoms with Crippen molar-refractivity contribution in [2.45, 2.75) is 6.92 Å². The number of rotatable bonds is 3. The molecule has 0 aliphatic rings. The number of pyridine rings is 1. The van der Waals surface area contributed by atoms with Crippen LogP contribution in [0, 0.1) is 6.92 Å². The molecule has 0 saturated heterocycles. The summed E-state index contributed by atoms with van der Waals surface area (Å²) in [6.45, 7) is 1.95. The molecule has 2 N–H and O–H groups in total. The number of nitrogens with one attached hydrogen (secondary N) is 2. The van der Waals surface area contributed by atoms with Crippen LogP contribution in [-0.2, 0) is 0 Å². The van der Waals surface area contributed by atoms with Crippen LogP contribution >= 0.6 is 0 Å². The van der Waals surface area contributed by atoms with Crippen molar-refractivity contribution in [3.63, 3.8) is 0 Å². The maximum absolute atomic E-state index is 12.2. The van der Waals surface area contributed by atoms with E-state index in [9.17, 15) is 4.79 Å². The van der Waals surface area contributed by atoms with Crippen molar-refractivity contribution in [1.29, 1.82) is 0 Å². The van der Waals surface area contributed by atoms with E-state index in [1.807, 2.05) is 43.3 Å². The lowest BCUT2D eigenvalue weighted by atomic mass is 10.2. The number of aryl methyl sites for hydroxylation is 1. The number of para-hydroxylation sites is 1. The van der Waals surface area contributed by atoms with Crippen LogP contribution in [0.25, 0.3) is 11.3 Å². The molecule has 0 radical (unpaired) electrons. The van der Waals surface area contributed by atoms with Gasteiger partial charge in [-0.05, 0) is 36.8 Å². The Morgan fingerprint density at radius 2 is 1.90 bits per heavy atom. The van der Waals surface area contributed by atoms with Crippen LogP contribution in [0.4, 0.5) is 5.69 Å². The lowest BCUT2D eigenvalue weighted by Crippen LogP contribution is -2.13. The van der Waals surface area contributed by atoms with Gasteiger partial charge in [-0.15, -0.1) is 0 Å². The van der Waals surface area contributed by atoms with Crippen LogP contribution in [0.15, 0.2) is 54.9 Å². The second-order valence-corrected chi connectivity index (χ2v) is 4.67. The zero-order valence-corrected chi connectivity index (χ0v) is 11.5. The van der Waals surface area contributed by atoms with Crippen molar-refractivity contribution in [2.24, 2.45) is 0 Å². The molecule has 21 heavy (non-hydrogen) atoms. The average Bonchev–Trinajstić information content (AvgIpc) is 3.00. The maximum Gasteiger partial charge on any atom is 0.273 e. The minimum Gasteiger partial charge on any atom is -0.320 e. The van der Waals surface area contributed by atoms with Crippen molar-refractivity contribution in [2.75, 3.05) is 5.32 Å². The quantitative estimate of drug-likeness (QED) is 0.773. The van der Waals surface area contributed by atoms with Crippen LogP contribution in [0.1, 0.15) is 16.1 Å². The van der Waals surface area contributed by atoms with Gasteiger partial charge < -0.3 is 5.32 Å². The number of anilines is 1. The lowest BCUT2D eigenvalue weighted by Gasteiger charge is -2.06. The summed E-state index contributed by atoms with van der Waals surface area (Å²) < 4.78 is 0.